The lowest BCUT2D eigenvalue weighted by Gasteiger charge is -2.07. The summed E-state index contributed by atoms with van der Waals surface area (Å²) in [7, 11) is 1.74. The van der Waals surface area contributed by atoms with Crippen molar-refractivity contribution in [3.05, 3.63) is 53.6 Å². The summed E-state index contributed by atoms with van der Waals surface area (Å²) in [5.74, 6) is 4.53. The van der Waals surface area contributed by atoms with Crippen molar-refractivity contribution in [3.63, 3.8) is 0 Å². The topological polar surface area (TPSA) is 54.3 Å². The molecule has 21 heavy (non-hydrogen) atoms. The Morgan fingerprint density at radius 1 is 1.43 bits per heavy atom. The van der Waals surface area contributed by atoms with Crippen LogP contribution in [-0.2, 0) is 7.05 Å². The lowest BCUT2D eigenvalue weighted by molar-refractivity contribution is 0.101. The van der Waals surface area contributed by atoms with E-state index in [4.69, 9.17) is 5.11 Å². The Labute approximate surface area is 122 Å². The maximum atomic E-state index is 13.9. The van der Waals surface area contributed by atoms with Gasteiger partial charge in [-0.25, -0.2) is 4.39 Å². The lowest BCUT2D eigenvalue weighted by Crippen LogP contribution is -2.16. The molecule has 0 aliphatic rings. The highest BCUT2D eigenvalue weighted by Gasteiger charge is 2.11. The van der Waals surface area contributed by atoms with Crippen molar-refractivity contribution >= 4 is 11.6 Å². The number of carbonyl (C=O) groups is 1. The maximum Gasteiger partial charge on any atom is 0.272 e. The van der Waals surface area contributed by atoms with Crippen molar-refractivity contribution in [2.24, 2.45) is 7.05 Å². The number of halogens is 1. The van der Waals surface area contributed by atoms with Gasteiger partial charge in [0.1, 0.15) is 11.5 Å². The predicted molar refractivity (Wildman–Crippen MR) is 78.3 cm³/mol. The number of aromatic nitrogens is 1. The second-order valence-electron chi connectivity index (χ2n) is 4.43. The Morgan fingerprint density at radius 2 is 2.24 bits per heavy atom. The monoisotopic (exact) mass is 286 g/mol. The number of nitrogens with zero attached hydrogens (tertiary/aromatic N) is 1. The van der Waals surface area contributed by atoms with Crippen LogP contribution in [0.5, 0.6) is 0 Å². The first-order chi connectivity index (χ1) is 10.1. The van der Waals surface area contributed by atoms with E-state index in [2.05, 4.69) is 17.2 Å². The minimum atomic E-state index is -0.548. The van der Waals surface area contributed by atoms with Gasteiger partial charge in [-0.1, -0.05) is 11.8 Å². The van der Waals surface area contributed by atoms with Crippen LogP contribution in [-0.4, -0.2) is 22.2 Å². The summed E-state index contributed by atoms with van der Waals surface area (Å²) < 4.78 is 15.6. The Balaban J connectivity index is 2.13. The molecule has 0 saturated carbocycles. The Hall–Kier alpha value is -2.58. The third-order valence-electron chi connectivity index (χ3n) is 2.86. The Morgan fingerprint density at radius 3 is 2.86 bits per heavy atom. The van der Waals surface area contributed by atoms with E-state index in [9.17, 15) is 9.18 Å². The zero-order valence-electron chi connectivity index (χ0n) is 11.6. The lowest BCUT2D eigenvalue weighted by atomic mass is 10.2. The molecule has 1 aromatic carbocycles. The number of aryl methyl sites for hydroxylation is 1. The molecule has 1 aromatic heterocycles. The number of aliphatic hydroxyl groups is 1. The van der Waals surface area contributed by atoms with Crippen LogP contribution in [0.2, 0.25) is 0 Å². The van der Waals surface area contributed by atoms with Gasteiger partial charge in [0, 0.05) is 25.2 Å². The van der Waals surface area contributed by atoms with E-state index in [0.717, 1.165) is 0 Å². The number of anilines is 1. The zero-order valence-corrected chi connectivity index (χ0v) is 11.6. The van der Waals surface area contributed by atoms with Gasteiger partial charge >= 0.3 is 0 Å². The molecule has 0 aliphatic heterocycles. The second-order valence-corrected chi connectivity index (χ2v) is 4.43. The van der Waals surface area contributed by atoms with E-state index >= 15 is 0 Å². The number of rotatable bonds is 3. The van der Waals surface area contributed by atoms with Gasteiger partial charge in [0.25, 0.3) is 5.91 Å². The second kappa shape index (κ2) is 6.73. The number of carbonyl (C=O) groups excluding carboxylic acids is 1. The fourth-order valence-electron chi connectivity index (χ4n) is 1.80. The third kappa shape index (κ3) is 3.71. The van der Waals surface area contributed by atoms with Gasteiger partial charge in [-0.15, -0.1) is 0 Å². The molecule has 0 aliphatic carbocycles. The molecule has 2 aromatic rings. The number of nitrogens with one attached hydrogen (secondary N) is 1. The summed E-state index contributed by atoms with van der Waals surface area (Å²) >= 11 is 0. The molecule has 1 heterocycles. The minimum Gasteiger partial charge on any atom is -0.395 e. The fraction of sp³-hybridized carbons (Fsp3) is 0.188. The minimum absolute atomic E-state index is 0.0275. The first kappa shape index (κ1) is 14.8. The molecule has 1 amide bonds. The normalized spacial score (nSPS) is 9.86. The first-order valence-corrected chi connectivity index (χ1v) is 6.44. The fourth-order valence-corrected chi connectivity index (χ4v) is 1.80. The largest absolute Gasteiger partial charge is 0.395 e. The van der Waals surface area contributed by atoms with Gasteiger partial charge in [0.05, 0.1) is 12.3 Å². The van der Waals surface area contributed by atoms with E-state index < -0.39 is 5.82 Å². The molecular weight excluding hydrogens is 271 g/mol. The van der Waals surface area contributed by atoms with E-state index in [1.807, 2.05) is 0 Å². The number of benzene rings is 1. The van der Waals surface area contributed by atoms with Crippen LogP contribution >= 0.6 is 0 Å². The highest BCUT2D eigenvalue weighted by molar-refractivity contribution is 6.03. The maximum absolute atomic E-state index is 13.9. The highest BCUT2D eigenvalue weighted by atomic mass is 19.1. The summed E-state index contributed by atoms with van der Waals surface area (Å²) in [5.41, 5.74) is 1.05. The van der Waals surface area contributed by atoms with Crippen molar-refractivity contribution in [1.82, 2.24) is 4.57 Å². The molecule has 0 unspecified atom stereocenters. The van der Waals surface area contributed by atoms with Gasteiger partial charge in [-0.05, 0) is 30.3 Å². The summed E-state index contributed by atoms with van der Waals surface area (Å²) in [5, 5.41) is 11.2. The van der Waals surface area contributed by atoms with Gasteiger partial charge in [0.2, 0.25) is 0 Å². The van der Waals surface area contributed by atoms with Crippen LogP contribution < -0.4 is 5.32 Å². The van der Waals surface area contributed by atoms with Gasteiger partial charge < -0.3 is 15.0 Å². The molecule has 4 nitrogen and oxygen atoms in total. The molecule has 0 saturated heterocycles. The van der Waals surface area contributed by atoms with Gasteiger partial charge in [0.15, 0.2) is 0 Å². The average Bonchev–Trinajstić information content (AvgIpc) is 2.88. The van der Waals surface area contributed by atoms with Crippen molar-refractivity contribution < 1.29 is 14.3 Å². The van der Waals surface area contributed by atoms with Gasteiger partial charge in [-0.2, -0.15) is 0 Å². The summed E-state index contributed by atoms with van der Waals surface area (Å²) in [6.45, 7) is -0.0275. The Kier molecular flexibility index (Phi) is 4.75. The predicted octanol–water partition coefficient (Wildman–Crippen LogP) is 2.15. The molecule has 5 heteroatoms. The molecule has 2 N–H and O–H groups in total. The molecule has 0 bridgehead atoms. The average molecular weight is 286 g/mol. The van der Waals surface area contributed by atoms with E-state index in [0.29, 0.717) is 17.7 Å². The van der Waals surface area contributed by atoms with E-state index in [1.165, 1.54) is 12.1 Å². The zero-order chi connectivity index (χ0) is 15.2. The third-order valence-corrected chi connectivity index (χ3v) is 2.86. The SMILES string of the molecule is Cn1cccc1C(=O)Nc1ccc(C#CCCO)cc1F. The molecule has 0 spiro atoms. The molecule has 0 fully saturated rings. The van der Waals surface area contributed by atoms with Crippen LogP contribution in [0.1, 0.15) is 22.5 Å². The van der Waals surface area contributed by atoms with Crippen molar-refractivity contribution in [3.8, 4) is 11.8 Å². The molecule has 2 rings (SSSR count). The van der Waals surface area contributed by atoms with Crippen LogP contribution in [0, 0.1) is 17.7 Å². The van der Waals surface area contributed by atoms with Crippen molar-refractivity contribution in [2.45, 2.75) is 6.42 Å². The van der Waals surface area contributed by atoms with Crippen LogP contribution in [0.25, 0.3) is 0 Å². The Bertz CT molecular complexity index is 711. The molecular formula is C16H15FN2O2. The van der Waals surface area contributed by atoms with Crippen LogP contribution in [0.15, 0.2) is 36.5 Å². The van der Waals surface area contributed by atoms with Crippen molar-refractivity contribution in [2.75, 3.05) is 11.9 Å². The smallest absolute Gasteiger partial charge is 0.272 e. The van der Waals surface area contributed by atoms with E-state index in [-0.39, 0.29) is 18.2 Å². The highest BCUT2D eigenvalue weighted by Crippen LogP contribution is 2.16. The number of hydrogen-bond acceptors (Lipinski definition) is 2. The van der Waals surface area contributed by atoms with E-state index in [1.54, 1.807) is 36.0 Å². The number of hydrogen-bond donors (Lipinski definition) is 2. The summed E-state index contributed by atoms with van der Waals surface area (Å²) in [6.07, 6.45) is 2.08. The molecule has 0 radical (unpaired) electrons. The quantitative estimate of drug-likeness (QED) is 0.849. The summed E-state index contributed by atoms with van der Waals surface area (Å²) in [6, 6.07) is 7.74. The van der Waals surface area contributed by atoms with Gasteiger partial charge in [-0.3, -0.25) is 4.79 Å². The van der Waals surface area contributed by atoms with Crippen molar-refractivity contribution in [1.29, 1.82) is 0 Å². The number of amides is 1. The molecule has 108 valence electrons. The van der Waals surface area contributed by atoms with Crippen LogP contribution in [0.4, 0.5) is 10.1 Å². The first-order valence-electron chi connectivity index (χ1n) is 6.44. The molecule has 0 atom stereocenters. The summed E-state index contributed by atoms with van der Waals surface area (Å²) in [4.78, 5) is 12.0. The standard InChI is InChI=1S/C16H15FN2O2/c1-19-9-4-6-15(19)16(21)18-14-8-7-12(11-13(14)17)5-2-3-10-20/h4,6-9,11,20H,3,10H2,1H3,(H,18,21). The van der Waals surface area contributed by atoms with Crippen LogP contribution in [0.3, 0.4) is 0 Å². The number of aliphatic hydroxyl groups excluding tert-OH is 1.